The van der Waals surface area contributed by atoms with Crippen LogP contribution in [0, 0.1) is 0 Å². The molecule has 0 saturated carbocycles. The average Bonchev–Trinajstić information content (AvgIpc) is 2.85. The summed E-state index contributed by atoms with van der Waals surface area (Å²) in [7, 11) is 1.77. The highest BCUT2D eigenvalue weighted by Crippen LogP contribution is 2.33. The lowest BCUT2D eigenvalue weighted by atomic mass is 9.93. The predicted octanol–water partition coefficient (Wildman–Crippen LogP) is 2.47. The molecule has 4 heteroatoms. The number of ether oxygens (including phenoxy) is 1. The first kappa shape index (κ1) is 14.0. The number of aryl methyl sites for hydroxylation is 1. The summed E-state index contributed by atoms with van der Waals surface area (Å²) in [5.41, 5.74) is 7.11. The number of fused-ring (bicyclic) bond motifs is 1. The lowest BCUT2D eigenvalue weighted by Crippen LogP contribution is -2.37. The number of rotatable bonds is 7. The van der Waals surface area contributed by atoms with Crippen molar-refractivity contribution >= 4 is 11.3 Å². The van der Waals surface area contributed by atoms with E-state index in [2.05, 4.69) is 16.8 Å². The van der Waals surface area contributed by atoms with Crippen LogP contribution in [0.25, 0.3) is 0 Å². The van der Waals surface area contributed by atoms with E-state index in [1.54, 1.807) is 12.0 Å². The minimum atomic E-state index is 0.425. The molecule has 0 spiro atoms. The second kappa shape index (κ2) is 7.24. The fourth-order valence-electron chi connectivity index (χ4n) is 2.72. The molecular formula is C14H24N2OS. The second-order valence-corrected chi connectivity index (χ2v) is 5.99. The molecule has 0 amide bonds. The van der Waals surface area contributed by atoms with Gasteiger partial charge in [-0.05, 0) is 55.7 Å². The fourth-order valence-corrected chi connectivity index (χ4v) is 3.71. The lowest BCUT2D eigenvalue weighted by molar-refractivity contribution is 0.153. The number of thiophene rings is 1. The van der Waals surface area contributed by atoms with Crippen LogP contribution in [0.5, 0.6) is 0 Å². The Labute approximate surface area is 114 Å². The van der Waals surface area contributed by atoms with E-state index in [4.69, 9.17) is 10.5 Å². The molecule has 1 aromatic heterocycles. The van der Waals surface area contributed by atoms with E-state index < -0.39 is 0 Å². The normalized spacial score (nSPS) is 20.7. The summed E-state index contributed by atoms with van der Waals surface area (Å²) in [5.74, 6) is 0. The van der Waals surface area contributed by atoms with Crippen LogP contribution in [0.3, 0.4) is 0 Å². The van der Waals surface area contributed by atoms with Crippen LogP contribution in [-0.2, 0) is 11.2 Å². The van der Waals surface area contributed by atoms with E-state index in [9.17, 15) is 0 Å². The lowest BCUT2D eigenvalue weighted by Gasteiger charge is -2.28. The Balaban J connectivity index is 1.95. The fraction of sp³-hybridized carbons (Fsp3) is 0.714. The summed E-state index contributed by atoms with van der Waals surface area (Å²) in [6.45, 7) is 1.53. The zero-order valence-corrected chi connectivity index (χ0v) is 12.0. The van der Waals surface area contributed by atoms with Crippen molar-refractivity contribution in [3.05, 3.63) is 21.9 Å². The number of hydrogen-bond acceptors (Lipinski definition) is 4. The molecule has 0 aliphatic heterocycles. The molecule has 2 atom stereocenters. The molecule has 0 fully saturated rings. The van der Waals surface area contributed by atoms with Crippen LogP contribution in [0.1, 0.15) is 42.2 Å². The van der Waals surface area contributed by atoms with Gasteiger partial charge in [-0.25, -0.2) is 0 Å². The highest BCUT2D eigenvalue weighted by molar-refractivity contribution is 7.10. The summed E-state index contributed by atoms with van der Waals surface area (Å²) in [6.07, 6.45) is 5.95. The summed E-state index contributed by atoms with van der Waals surface area (Å²) in [6, 6.07) is 3.22. The third kappa shape index (κ3) is 3.54. The maximum absolute atomic E-state index is 5.60. The Hall–Kier alpha value is -0.420. The van der Waals surface area contributed by atoms with Gasteiger partial charge in [0.15, 0.2) is 0 Å². The predicted molar refractivity (Wildman–Crippen MR) is 77.1 cm³/mol. The van der Waals surface area contributed by atoms with Gasteiger partial charge in [-0.3, -0.25) is 0 Å². The number of nitrogens with two attached hydrogens (primary N) is 1. The maximum Gasteiger partial charge on any atom is 0.0616 e. The SMILES string of the molecule is COCC(CCCN)NC1CCCc2sccc21. The Morgan fingerprint density at radius 2 is 2.50 bits per heavy atom. The Kier molecular flexibility index (Phi) is 5.63. The first-order valence-electron chi connectivity index (χ1n) is 6.86. The largest absolute Gasteiger partial charge is 0.383 e. The van der Waals surface area contributed by atoms with E-state index in [1.807, 2.05) is 11.3 Å². The molecule has 1 aromatic rings. The molecule has 3 nitrogen and oxygen atoms in total. The van der Waals surface area contributed by atoms with Gasteiger partial charge in [-0.1, -0.05) is 0 Å². The molecule has 0 bridgehead atoms. The average molecular weight is 268 g/mol. The summed E-state index contributed by atoms with van der Waals surface area (Å²) >= 11 is 1.90. The van der Waals surface area contributed by atoms with Crippen molar-refractivity contribution in [3.63, 3.8) is 0 Å². The highest BCUT2D eigenvalue weighted by Gasteiger charge is 2.23. The molecule has 0 aromatic carbocycles. The number of nitrogens with one attached hydrogen (secondary N) is 1. The molecule has 102 valence electrons. The first-order chi connectivity index (χ1) is 8.85. The molecule has 2 unspecified atom stereocenters. The van der Waals surface area contributed by atoms with Crippen LogP contribution < -0.4 is 11.1 Å². The third-order valence-corrected chi connectivity index (χ3v) is 4.61. The molecule has 1 aliphatic carbocycles. The van der Waals surface area contributed by atoms with Crippen molar-refractivity contribution in [1.29, 1.82) is 0 Å². The van der Waals surface area contributed by atoms with Gasteiger partial charge in [0.25, 0.3) is 0 Å². The van der Waals surface area contributed by atoms with Crippen molar-refractivity contribution in [2.45, 2.75) is 44.2 Å². The minimum absolute atomic E-state index is 0.425. The molecule has 1 aliphatic rings. The summed E-state index contributed by atoms with van der Waals surface area (Å²) in [5, 5.41) is 5.98. The van der Waals surface area contributed by atoms with Crippen LogP contribution in [0.15, 0.2) is 11.4 Å². The minimum Gasteiger partial charge on any atom is -0.383 e. The molecule has 2 rings (SSSR count). The smallest absolute Gasteiger partial charge is 0.0616 e. The van der Waals surface area contributed by atoms with Crippen molar-refractivity contribution < 1.29 is 4.74 Å². The van der Waals surface area contributed by atoms with Crippen molar-refractivity contribution in [3.8, 4) is 0 Å². The van der Waals surface area contributed by atoms with E-state index in [0.29, 0.717) is 12.1 Å². The first-order valence-corrected chi connectivity index (χ1v) is 7.74. The van der Waals surface area contributed by atoms with Crippen molar-refractivity contribution in [2.75, 3.05) is 20.3 Å². The van der Waals surface area contributed by atoms with Gasteiger partial charge in [0.1, 0.15) is 0 Å². The highest BCUT2D eigenvalue weighted by atomic mass is 32.1. The molecule has 0 saturated heterocycles. The van der Waals surface area contributed by atoms with Crippen molar-refractivity contribution in [2.24, 2.45) is 5.73 Å². The quantitative estimate of drug-likeness (QED) is 0.798. The van der Waals surface area contributed by atoms with Gasteiger partial charge in [0.2, 0.25) is 0 Å². The zero-order chi connectivity index (χ0) is 12.8. The zero-order valence-electron chi connectivity index (χ0n) is 11.2. The molecule has 0 radical (unpaired) electrons. The van der Waals surface area contributed by atoms with E-state index in [1.165, 1.54) is 24.8 Å². The monoisotopic (exact) mass is 268 g/mol. The van der Waals surface area contributed by atoms with Crippen LogP contribution in [-0.4, -0.2) is 26.3 Å². The topological polar surface area (TPSA) is 47.3 Å². The van der Waals surface area contributed by atoms with Gasteiger partial charge < -0.3 is 15.8 Å². The maximum atomic E-state index is 5.60. The summed E-state index contributed by atoms with van der Waals surface area (Å²) in [4.78, 5) is 1.56. The number of methoxy groups -OCH3 is 1. The second-order valence-electron chi connectivity index (χ2n) is 4.99. The van der Waals surface area contributed by atoms with Crippen LogP contribution in [0.2, 0.25) is 0 Å². The Bertz CT molecular complexity index is 353. The molecular weight excluding hydrogens is 244 g/mol. The van der Waals surface area contributed by atoms with Gasteiger partial charge in [-0.15, -0.1) is 11.3 Å². The van der Waals surface area contributed by atoms with E-state index in [0.717, 1.165) is 26.0 Å². The van der Waals surface area contributed by atoms with E-state index in [-0.39, 0.29) is 0 Å². The standard InChI is InChI=1S/C14H24N2OS/c1-17-10-11(4-3-8-15)16-13-5-2-6-14-12(13)7-9-18-14/h7,9,11,13,16H,2-6,8,10,15H2,1H3. The van der Waals surface area contributed by atoms with Gasteiger partial charge in [0, 0.05) is 24.1 Å². The van der Waals surface area contributed by atoms with Gasteiger partial charge >= 0.3 is 0 Å². The number of hydrogen-bond donors (Lipinski definition) is 2. The Morgan fingerprint density at radius 3 is 3.28 bits per heavy atom. The molecule has 3 N–H and O–H groups in total. The van der Waals surface area contributed by atoms with Crippen molar-refractivity contribution in [1.82, 2.24) is 5.32 Å². The van der Waals surface area contributed by atoms with Gasteiger partial charge in [-0.2, -0.15) is 0 Å². The summed E-state index contributed by atoms with van der Waals surface area (Å²) < 4.78 is 5.31. The van der Waals surface area contributed by atoms with Crippen LogP contribution in [0.4, 0.5) is 0 Å². The molecule has 1 heterocycles. The van der Waals surface area contributed by atoms with E-state index >= 15 is 0 Å². The Morgan fingerprint density at radius 1 is 1.61 bits per heavy atom. The molecule has 18 heavy (non-hydrogen) atoms. The van der Waals surface area contributed by atoms with Crippen LogP contribution >= 0.6 is 11.3 Å². The third-order valence-electron chi connectivity index (χ3n) is 3.61. The van der Waals surface area contributed by atoms with Gasteiger partial charge in [0.05, 0.1) is 6.61 Å².